The monoisotopic (exact) mass is 237 g/mol. The molecule has 0 spiro atoms. The summed E-state index contributed by atoms with van der Waals surface area (Å²) in [4.78, 5) is 23.5. The Balaban J connectivity index is 2.45. The van der Waals surface area contributed by atoms with E-state index < -0.39 is 12.0 Å². The number of hydrogen-bond donors (Lipinski definition) is 1. The van der Waals surface area contributed by atoms with Crippen molar-refractivity contribution in [1.29, 1.82) is 0 Å². The van der Waals surface area contributed by atoms with Crippen molar-refractivity contribution in [3.63, 3.8) is 0 Å². The molecule has 84 valence electrons. The predicted octanol–water partition coefficient (Wildman–Crippen LogP) is 1.82. The maximum absolute atomic E-state index is 11.8. The Morgan fingerprint density at radius 2 is 2.00 bits per heavy atom. The van der Waals surface area contributed by atoms with Gasteiger partial charge in [-0.05, 0) is 37.1 Å². The second-order valence-electron chi connectivity index (χ2n) is 4.07. The number of benzene rings is 1. The summed E-state index contributed by atoms with van der Waals surface area (Å²) in [7, 11) is 0. The molecule has 0 aliphatic carbocycles. The molecule has 1 aromatic carbocycles. The molecule has 1 amide bonds. The average molecular weight is 238 g/mol. The van der Waals surface area contributed by atoms with Crippen LogP contribution in [-0.4, -0.2) is 17.7 Å². The van der Waals surface area contributed by atoms with Crippen LogP contribution in [-0.2, 0) is 9.59 Å². The third-order valence-corrected chi connectivity index (χ3v) is 3.11. The Morgan fingerprint density at radius 1 is 1.31 bits per heavy atom. The number of ketones is 1. The minimum atomic E-state index is -0.674. The smallest absolute Gasteiger partial charge is 0.235 e. The van der Waals surface area contributed by atoms with Gasteiger partial charge in [-0.15, -0.1) is 0 Å². The highest BCUT2D eigenvalue weighted by Crippen LogP contribution is 2.28. The maximum Gasteiger partial charge on any atom is 0.235 e. The van der Waals surface area contributed by atoms with Crippen LogP contribution in [0.5, 0.6) is 0 Å². The Labute approximate surface area is 98.8 Å². The molecule has 4 heteroatoms. The van der Waals surface area contributed by atoms with Crippen molar-refractivity contribution in [1.82, 2.24) is 5.32 Å². The Morgan fingerprint density at radius 3 is 2.50 bits per heavy atom. The molecular weight excluding hydrogens is 226 g/mol. The fourth-order valence-electron chi connectivity index (χ4n) is 2.00. The van der Waals surface area contributed by atoms with Gasteiger partial charge in [0.15, 0.2) is 5.78 Å². The number of rotatable bonds is 1. The second kappa shape index (κ2) is 3.91. The summed E-state index contributed by atoms with van der Waals surface area (Å²) in [6.07, 6.45) is 0. The van der Waals surface area contributed by atoms with Crippen LogP contribution in [0.4, 0.5) is 0 Å². The van der Waals surface area contributed by atoms with Crippen molar-refractivity contribution in [3.8, 4) is 0 Å². The first-order valence-electron chi connectivity index (χ1n) is 5.11. The fraction of sp³-hybridized carbons (Fsp3) is 0.333. The molecule has 0 bridgehead atoms. The number of carbonyl (C=O) groups is 2. The van der Waals surface area contributed by atoms with Gasteiger partial charge >= 0.3 is 0 Å². The van der Waals surface area contributed by atoms with Crippen molar-refractivity contribution in [3.05, 3.63) is 34.3 Å². The summed E-state index contributed by atoms with van der Waals surface area (Å²) in [5.41, 5.74) is 1.62. The number of Topliss-reactive ketones (excluding diaryl/α,β-unsaturated/α-hetero) is 1. The van der Waals surface area contributed by atoms with Crippen LogP contribution in [0.3, 0.4) is 0 Å². The van der Waals surface area contributed by atoms with E-state index in [-0.39, 0.29) is 11.7 Å². The zero-order valence-electron chi connectivity index (χ0n) is 9.08. The van der Waals surface area contributed by atoms with Gasteiger partial charge in [0.25, 0.3) is 0 Å². The van der Waals surface area contributed by atoms with Gasteiger partial charge in [0.05, 0.1) is 6.04 Å². The van der Waals surface area contributed by atoms with Crippen molar-refractivity contribution in [2.75, 3.05) is 0 Å². The summed E-state index contributed by atoms with van der Waals surface area (Å²) in [5.74, 6) is -0.967. The van der Waals surface area contributed by atoms with E-state index in [9.17, 15) is 9.59 Å². The zero-order valence-corrected chi connectivity index (χ0v) is 9.84. The highest BCUT2D eigenvalue weighted by molar-refractivity contribution is 6.30. The Hall–Kier alpha value is -1.35. The maximum atomic E-state index is 11.8. The molecule has 1 aromatic rings. The summed E-state index contributed by atoms with van der Waals surface area (Å²) >= 11 is 5.84. The predicted molar refractivity (Wildman–Crippen MR) is 61.5 cm³/mol. The molecule has 2 unspecified atom stereocenters. The van der Waals surface area contributed by atoms with Gasteiger partial charge in [-0.3, -0.25) is 9.59 Å². The highest BCUT2D eigenvalue weighted by Gasteiger charge is 2.39. The van der Waals surface area contributed by atoms with Crippen LogP contribution in [0, 0.1) is 6.92 Å². The topological polar surface area (TPSA) is 46.2 Å². The van der Waals surface area contributed by atoms with E-state index in [2.05, 4.69) is 5.32 Å². The van der Waals surface area contributed by atoms with Crippen LogP contribution < -0.4 is 5.32 Å². The third kappa shape index (κ3) is 1.71. The number of amides is 1. The van der Waals surface area contributed by atoms with E-state index in [0.717, 1.165) is 11.1 Å². The lowest BCUT2D eigenvalue weighted by atomic mass is 9.91. The number of nitrogens with one attached hydrogen (secondary N) is 1. The molecule has 2 rings (SSSR count). The molecule has 1 fully saturated rings. The Bertz CT molecular complexity index is 470. The molecule has 0 aromatic heterocycles. The lowest BCUT2D eigenvalue weighted by molar-refractivity contribution is -0.124. The normalized spacial score (nSPS) is 24.7. The minimum absolute atomic E-state index is 0.0737. The number of aryl methyl sites for hydroxylation is 1. The summed E-state index contributed by atoms with van der Waals surface area (Å²) in [5, 5.41) is 3.25. The molecule has 16 heavy (non-hydrogen) atoms. The Kier molecular flexibility index (Phi) is 2.72. The SMILES string of the molecule is Cc1cc(Cl)ccc1C1C(=O)NC(C)C1=O. The third-order valence-electron chi connectivity index (χ3n) is 2.88. The number of carbonyl (C=O) groups excluding carboxylic acids is 2. The van der Waals surface area contributed by atoms with Crippen LogP contribution >= 0.6 is 11.6 Å². The largest absolute Gasteiger partial charge is 0.346 e. The first-order chi connectivity index (χ1) is 7.50. The lowest BCUT2D eigenvalue weighted by Crippen LogP contribution is -2.25. The van der Waals surface area contributed by atoms with E-state index in [0.29, 0.717) is 5.02 Å². The highest BCUT2D eigenvalue weighted by atomic mass is 35.5. The van der Waals surface area contributed by atoms with Gasteiger partial charge in [0, 0.05) is 5.02 Å². The van der Waals surface area contributed by atoms with Crippen LogP contribution in [0.15, 0.2) is 18.2 Å². The van der Waals surface area contributed by atoms with Crippen LogP contribution in [0.2, 0.25) is 5.02 Å². The quantitative estimate of drug-likeness (QED) is 0.758. The van der Waals surface area contributed by atoms with E-state index in [1.54, 1.807) is 25.1 Å². The second-order valence-corrected chi connectivity index (χ2v) is 4.50. The zero-order chi connectivity index (χ0) is 11.9. The molecule has 2 atom stereocenters. The van der Waals surface area contributed by atoms with Gasteiger partial charge in [0.1, 0.15) is 5.92 Å². The van der Waals surface area contributed by atoms with Crippen molar-refractivity contribution >= 4 is 23.3 Å². The fourth-order valence-corrected chi connectivity index (χ4v) is 2.23. The molecule has 0 saturated carbocycles. The summed E-state index contributed by atoms with van der Waals surface area (Å²) < 4.78 is 0. The average Bonchev–Trinajstić information content (AvgIpc) is 2.43. The van der Waals surface area contributed by atoms with Crippen molar-refractivity contribution < 1.29 is 9.59 Å². The van der Waals surface area contributed by atoms with E-state index in [1.807, 2.05) is 6.92 Å². The van der Waals surface area contributed by atoms with E-state index >= 15 is 0 Å². The van der Waals surface area contributed by atoms with Gasteiger partial charge in [-0.25, -0.2) is 0 Å². The van der Waals surface area contributed by atoms with Gasteiger partial charge in [-0.2, -0.15) is 0 Å². The first kappa shape index (κ1) is 11.1. The number of halogens is 1. The van der Waals surface area contributed by atoms with Crippen LogP contribution in [0.1, 0.15) is 24.0 Å². The summed E-state index contributed by atoms with van der Waals surface area (Å²) in [6, 6.07) is 4.82. The first-order valence-corrected chi connectivity index (χ1v) is 5.48. The molecular formula is C12H12ClNO2. The van der Waals surface area contributed by atoms with Gasteiger partial charge < -0.3 is 5.32 Å². The molecule has 1 saturated heterocycles. The van der Waals surface area contributed by atoms with Crippen molar-refractivity contribution in [2.24, 2.45) is 0 Å². The standard InChI is InChI=1S/C12H12ClNO2/c1-6-5-8(13)3-4-9(6)10-11(15)7(2)14-12(10)16/h3-5,7,10H,1-2H3,(H,14,16). The lowest BCUT2D eigenvalue weighted by Gasteiger charge is -2.10. The van der Waals surface area contributed by atoms with Crippen molar-refractivity contribution in [2.45, 2.75) is 25.8 Å². The van der Waals surface area contributed by atoms with E-state index in [4.69, 9.17) is 11.6 Å². The van der Waals surface area contributed by atoms with E-state index in [1.165, 1.54) is 0 Å². The molecule has 1 N–H and O–H groups in total. The van der Waals surface area contributed by atoms with Gasteiger partial charge in [0.2, 0.25) is 5.91 Å². The molecule has 1 aliphatic heterocycles. The molecule has 1 aliphatic rings. The number of hydrogen-bond acceptors (Lipinski definition) is 2. The summed E-state index contributed by atoms with van der Waals surface area (Å²) in [6.45, 7) is 3.55. The molecule has 3 nitrogen and oxygen atoms in total. The van der Waals surface area contributed by atoms with Crippen LogP contribution in [0.25, 0.3) is 0 Å². The molecule has 1 heterocycles. The van der Waals surface area contributed by atoms with Gasteiger partial charge in [-0.1, -0.05) is 17.7 Å². The minimum Gasteiger partial charge on any atom is -0.346 e. The molecule has 0 radical (unpaired) electrons.